The number of aliphatic hydroxyl groups excluding tert-OH is 1. The number of aliphatic hydroxyl groups is 1. The summed E-state index contributed by atoms with van der Waals surface area (Å²) >= 11 is 1.38. The van der Waals surface area contributed by atoms with Crippen LogP contribution in [0.25, 0.3) is 0 Å². The van der Waals surface area contributed by atoms with E-state index in [1.165, 1.54) is 30.6 Å². The first-order chi connectivity index (χ1) is 9.65. The summed E-state index contributed by atoms with van der Waals surface area (Å²) in [6, 6.07) is 0. The molecule has 0 spiro atoms. The van der Waals surface area contributed by atoms with Gasteiger partial charge in [-0.1, -0.05) is 11.3 Å². The molecule has 1 unspecified atom stereocenters. The molecule has 3 N–H and O–H groups in total. The summed E-state index contributed by atoms with van der Waals surface area (Å²) < 4.78 is 0. The Hall–Kier alpha value is -1.34. The number of nitrogens with zero attached hydrogens (tertiary/aromatic N) is 3. The third-order valence-electron chi connectivity index (χ3n) is 3.91. The van der Waals surface area contributed by atoms with Crippen LogP contribution in [0.4, 0.5) is 10.9 Å². The zero-order chi connectivity index (χ0) is 14.1. The van der Waals surface area contributed by atoms with Crippen molar-refractivity contribution in [3.05, 3.63) is 4.88 Å². The van der Waals surface area contributed by atoms with Gasteiger partial charge in [0.15, 0.2) is 5.13 Å². The van der Waals surface area contributed by atoms with Crippen molar-refractivity contribution in [1.82, 2.24) is 9.88 Å². The van der Waals surface area contributed by atoms with E-state index >= 15 is 0 Å². The largest absolute Gasteiger partial charge is 0.391 e. The van der Waals surface area contributed by atoms with E-state index in [4.69, 9.17) is 5.73 Å². The standard InChI is InChI=1S/C13H20N4O2S/c14-11-10(12(19)17-7-4-9(18)8-17)20-13(15-11)16-5-2-1-3-6-16/h9,18H,1-8,14H2. The van der Waals surface area contributed by atoms with Crippen LogP contribution < -0.4 is 10.6 Å². The van der Waals surface area contributed by atoms with Crippen molar-refractivity contribution < 1.29 is 9.90 Å². The van der Waals surface area contributed by atoms with Gasteiger partial charge in [0.2, 0.25) is 0 Å². The molecule has 110 valence electrons. The quantitative estimate of drug-likeness (QED) is 0.848. The summed E-state index contributed by atoms with van der Waals surface area (Å²) in [7, 11) is 0. The molecule has 3 rings (SSSR count). The maximum Gasteiger partial charge on any atom is 0.267 e. The van der Waals surface area contributed by atoms with E-state index in [9.17, 15) is 9.90 Å². The Morgan fingerprint density at radius 1 is 1.30 bits per heavy atom. The van der Waals surface area contributed by atoms with Crippen LogP contribution in [-0.2, 0) is 0 Å². The molecule has 20 heavy (non-hydrogen) atoms. The number of likely N-dealkylation sites (tertiary alicyclic amines) is 1. The van der Waals surface area contributed by atoms with Gasteiger partial charge in [0, 0.05) is 26.2 Å². The number of nitrogens with two attached hydrogens (primary N) is 1. The van der Waals surface area contributed by atoms with Crippen LogP contribution in [0.1, 0.15) is 35.4 Å². The molecule has 3 heterocycles. The SMILES string of the molecule is Nc1nc(N2CCCCC2)sc1C(=O)N1CCC(O)C1. The summed E-state index contributed by atoms with van der Waals surface area (Å²) in [6.45, 7) is 2.97. The number of hydrogen-bond donors (Lipinski definition) is 2. The Morgan fingerprint density at radius 2 is 2.05 bits per heavy atom. The topological polar surface area (TPSA) is 82.7 Å². The smallest absolute Gasteiger partial charge is 0.267 e. The lowest BCUT2D eigenvalue weighted by Gasteiger charge is -2.25. The van der Waals surface area contributed by atoms with Crippen molar-refractivity contribution in [1.29, 1.82) is 0 Å². The number of rotatable bonds is 2. The number of piperidine rings is 1. The second-order valence-corrected chi connectivity index (χ2v) is 6.43. The normalized spacial score (nSPS) is 23.4. The predicted octanol–water partition coefficient (Wildman–Crippen LogP) is 0.922. The van der Waals surface area contributed by atoms with Gasteiger partial charge in [0.25, 0.3) is 5.91 Å². The van der Waals surface area contributed by atoms with Gasteiger partial charge in [0.05, 0.1) is 6.10 Å². The highest BCUT2D eigenvalue weighted by Crippen LogP contribution is 2.31. The van der Waals surface area contributed by atoms with Gasteiger partial charge in [-0.15, -0.1) is 0 Å². The maximum absolute atomic E-state index is 12.4. The Morgan fingerprint density at radius 3 is 2.70 bits per heavy atom. The zero-order valence-corrected chi connectivity index (χ0v) is 12.2. The van der Waals surface area contributed by atoms with Gasteiger partial charge in [-0.3, -0.25) is 4.79 Å². The number of nitrogen functional groups attached to an aromatic ring is 1. The van der Waals surface area contributed by atoms with Crippen LogP contribution >= 0.6 is 11.3 Å². The lowest BCUT2D eigenvalue weighted by Crippen LogP contribution is -2.29. The molecule has 1 aromatic rings. The van der Waals surface area contributed by atoms with Crippen molar-refractivity contribution in [2.45, 2.75) is 31.8 Å². The summed E-state index contributed by atoms with van der Waals surface area (Å²) in [5.41, 5.74) is 5.91. The van der Waals surface area contributed by atoms with E-state index in [-0.39, 0.29) is 5.91 Å². The maximum atomic E-state index is 12.4. The highest BCUT2D eigenvalue weighted by atomic mass is 32.1. The van der Waals surface area contributed by atoms with Gasteiger partial charge in [-0.25, -0.2) is 4.98 Å². The minimum Gasteiger partial charge on any atom is -0.391 e. The number of aromatic nitrogens is 1. The van der Waals surface area contributed by atoms with Crippen LogP contribution in [0, 0.1) is 0 Å². The average Bonchev–Trinajstić information content (AvgIpc) is 3.05. The number of amides is 1. The minimum absolute atomic E-state index is 0.0974. The van der Waals surface area contributed by atoms with Gasteiger partial charge in [0.1, 0.15) is 10.7 Å². The molecule has 1 atom stereocenters. The van der Waals surface area contributed by atoms with Gasteiger partial charge < -0.3 is 20.6 Å². The third kappa shape index (κ3) is 2.60. The number of β-amino-alcohol motifs (C(OH)–C–C–N with tert-alkyl or cyclic N) is 1. The Kier molecular flexibility index (Phi) is 3.80. The second kappa shape index (κ2) is 5.57. The molecule has 0 aliphatic carbocycles. The molecule has 1 aromatic heterocycles. The van der Waals surface area contributed by atoms with Crippen LogP contribution in [0.5, 0.6) is 0 Å². The molecule has 0 saturated carbocycles. The van der Waals surface area contributed by atoms with Crippen LogP contribution in [0.15, 0.2) is 0 Å². The van der Waals surface area contributed by atoms with Gasteiger partial charge >= 0.3 is 0 Å². The zero-order valence-electron chi connectivity index (χ0n) is 11.4. The molecule has 6 nitrogen and oxygen atoms in total. The summed E-state index contributed by atoms with van der Waals surface area (Å²) in [5, 5.41) is 10.4. The first kappa shape index (κ1) is 13.6. The van der Waals surface area contributed by atoms with Crippen molar-refractivity contribution in [2.75, 3.05) is 36.8 Å². The Labute approximate surface area is 122 Å². The molecule has 2 aliphatic heterocycles. The van der Waals surface area contributed by atoms with E-state index in [0.29, 0.717) is 30.2 Å². The highest BCUT2D eigenvalue weighted by Gasteiger charge is 2.29. The van der Waals surface area contributed by atoms with E-state index in [2.05, 4.69) is 9.88 Å². The number of anilines is 2. The van der Waals surface area contributed by atoms with Gasteiger partial charge in [-0.2, -0.15) is 0 Å². The number of carbonyl (C=O) groups excluding carboxylic acids is 1. The Balaban J connectivity index is 1.76. The van der Waals surface area contributed by atoms with Crippen LogP contribution in [0.2, 0.25) is 0 Å². The molecule has 2 saturated heterocycles. The molecule has 1 amide bonds. The summed E-state index contributed by atoms with van der Waals surface area (Å²) in [6.07, 6.45) is 3.83. The van der Waals surface area contributed by atoms with Crippen molar-refractivity contribution >= 4 is 28.2 Å². The van der Waals surface area contributed by atoms with E-state index < -0.39 is 6.10 Å². The molecule has 0 aromatic carbocycles. The predicted molar refractivity (Wildman–Crippen MR) is 79.1 cm³/mol. The van der Waals surface area contributed by atoms with Gasteiger partial charge in [-0.05, 0) is 25.7 Å². The monoisotopic (exact) mass is 296 g/mol. The molecular weight excluding hydrogens is 276 g/mol. The van der Waals surface area contributed by atoms with Crippen molar-refractivity contribution in [3.63, 3.8) is 0 Å². The number of carbonyl (C=O) groups is 1. The van der Waals surface area contributed by atoms with E-state index in [1.807, 2.05) is 0 Å². The second-order valence-electron chi connectivity index (χ2n) is 5.45. The molecule has 7 heteroatoms. The lowest BCUT2D eigenvalue weighted by atomic mass is 10.1. The molecule has 2 aliphatic rings. The molecule has 0 bridgehead atoms. The highest BCUT2D eigenvalue weighted by molar-refractivity contribution is 7.18. The molecular formula is C13H20N4O2S. The minimum atomic E-state index is -0.408. The van der Waals surface area contributed by atoms with E-state index in [0.717, 1.165) is 18.2 Å². The first-order valence-corrected chi connectivity index (χ1v) is 7.95. The van der Waals surface area contributed by atoms with E-state index in [1.54, 1.807) is 4.90 Å². The third-order valence-corrected chi connectivity index (χ3v) is 5.03. The first-order valence-electron chi connectivity index (χ1n) is 7.14. The summed E-state index contributed by atoms with van der Waals surface area (Å²) in [5.74, 6) is 0.224. The number of thiazole rings is 1. The number of hydrogen-bond acceptors (Lipinski definition) is 6. The fourth-order valence-corrected chi connectivity index (χ4v) is 3.77. The van der Waals surface area contributed by atoms with Crippen LogP contribution in [-0.4, -0.2) is 53.2 Å². The average molecular weight is 296 g/mol. The van der Waals surface area contributed by atoms with Crippen LogP contribution in [0.3, 0.4) is 0 Å². The fourth-order valence-electron chi connectivity index (χ4n) is 2.76. The van der Waals surface area contributed by atoms with Crippen molar-refractivity contribution in [3.8, 4) is 0 Å². The lowest BCUT2D eigenvalue weighted by molar-refractivity contribution is 0.0770. The Bertz CT molecular complexity index is 499. The van der Waals surface area contributed by atoms with Crippen molar-refractivity contribution in [2.24, 2.45) is 0 Å². The molecule has 2 fully saturated rings. The molecule has 0 radical (unpaired) electrons. The fraction of sp³-hybridized carbons (Fsp3) is 0.692. The summed E-state index contributed by atoms with van der Waals surface area (Å²) in [4.78, 5) is 21.1.